The molecule has 0 heterocycles. The molecule has 2 unspecified atom stereocenters. The van der Waals surface area contributed by atoms with Crippen molar-refractivity contribution in [2.24, 2.45) is 0 Å². The molecule has 0 radical (unpaired) electrons. The van der Waals surface area contributed by atoms with E-state index in [-0.39, 0.29) is 11.1 Å². The maximum atomic E-state index is 13.7. The zero-order chi connectivity index (χ0) is 12.3. The molecule has 1 aromatic carbocycles. The minimum atomic E-state index is -1.24. The lowest BCUT2D eigenvalue weighted by molar-refractivity contribution is 0.0151. The minimum absolute atomic E-state index is 0.0704. The van der Waals surface area contributed by atoms with Crippen LogP contribution >= 0.6 is 12.6 Å². The SMILES string of the molecule is Cc1c(N)ccc(C(O)C(O)CCS)c1F. The van der Waals surface area contributed by atoms with Crippen molar-refractivity contribution in [2.75, 3.05) is 11.5 Å². The summed E-state index contributed by atoms with van der Waals surface area (Å²) in [6.45, 7) is 1.53. The molecule has 16 heavy (non-hydrogen) atoms. The Morgan fingerprint density at radius 2 is 2.06 bits per heavy atom. The zero-order valence-corrected chi connectivity index (χ0v) is 9.91. The molecule has 1 rings (SSSR count). The molecule has 0 saturated heterocycles. The normalized spacial score (nSPS) is 14.8. The summed E-state index contributed by atoms with van der Waals surface area (Å²) in [5, 5.41) is 19.3. The van der Waals surface area contributed by atoms with E-state index in [1.165, 1.54) is 19.1 Å². The van der Waals surface area contributed by atoms with Gasteiger partial charge in [0.15, 0.2) is 0 Å². The van der Waals surface area contributed by atoms with E-state index in [1.807, 2.05) is 0 Å². The largest absolute Gasteiger partial charge is 0.398 e. The van der Waals surface area contributed by atoms with E-state index >= 15 is 0 Å². The smallest absolute Gasteiger partial charge is 0.134 e. The third kappa shape index (κ3) is 2.66. The lowest BCUT2D eigenvalue weighted by atomic mass is 9.99. The Balaban J connectivity index is 3.00. The molecule has 90 valence electrons. The van der Waals surface area contributed by atoms with Crippen LogP contribution in [-0.4, -0.2) is 22.1 Å². The summed E-state index contributed by atoms with van der Waals surface area (Å²) in [5.41, 5.74) is 6.22. The van der Waals surface area contributed by atoms with Crippen molar-refractivity contribution >= 4 is 18.3 Å². The summed E-state index contributed by atoms with van der Waals surface area (Å²) < 4.78 is 13.7. The first-order valence-corrected chi connectivity index (χ1v) is 5.63. The molecule has 0 aromatic heterocycles. The summed E-state index contributed by atoms with van der Waals surface area (Å²) in [7, 11) is 0. The highest BCUT2D eigenvalue weighted by atomic mass is 32.1. The van der Waals surface area contributed by atoms with E-state index < -0.39 is 18.0 Å². The van der Waals surface area contributed by atoms with Crippen LogP contribution in [0.1, 0.15) is 23.7 Å². The minimum Gasteiger partial charge on any atom is -0.398 e. The lowest BCUT2D eigenvalue weighted by Crippen LogP contribution is -2.20. The van der Waals surface area contributed by atoms with Gasteiger partial charge in [0.2, 0.25) is 0 Å². The van der Waals surface area contributed by atoms with E-state index in [2.05, 4.69) is 12.6 Å². The first-order chi connectivity index (χ1) is 7.49. The molecule has 0 aliphatic heterocycles. The number of thiol groups is 1. The molecule has 0 saturated carbocycles. The summed E-state index contributed by atoms with van der Waals surface area (Å²) in [4.78, 5) is 0. The number of aliphatic hydroxyl groups is 2. The monoisotopic (exact) mass is 245 g/mol. The Morgan fingerprint density at radius 1 is 1.44 bits per heavy atom. The fourth-order valence-corrected chi connectivity index (χ4v) is 1.71. The van der Waals surface area contributed by atoms with Gasteiger partial charge in [-0.05, 0) is 25.2 Å². The second-order valence-electron chi connectivity index (χ2n) is 3.71. The number of hydrogen-bond donors (Lipinski definition) is 4. The fourth-order valence-electron chi connectivity index (χ4n) is 1.45. The molecule has 1 aromatic rings. The van der Waals surface area contributed by atoms with E-state index in [0.29, 0.717) is 17.9 Å². The van der Waals surface area contributed by atoms with Gasteiger partial charge in [-0.3, -0.25) is 0 Å². The molecule has 0 aliphatic carbocycles. The van der Waals surface area contributed by atoms with E-state index in [4.69, 9.17) is 5.73 Å². The Kier molecular flexibility index (Phi) is 4.58. The van der Waals surface area contributed by atoms with Gasteiger partial charge in [0.25, 0.3) is 0 Å². The Morgan fingerprint density at radius 3 is 2.62 bits per heavy atom. The molecule has 0 spiro atoms. The van der Waals surface area contributed by atoms with Crippen LogP contribution in [0.5, 0.6) is 0 Å². The number of halogens is 1. The van der Waals surface area contributed by atoms with Crippen LogP contribution in [0, 0.1) is 12.7 Å². The first kappa shape index (κ1) is 13.3. The average Bonchev–Trinajstić information content (AvgIpc) is 2.26. The number of nitrogen functional groups attached to an aromatic ring is 1. The summed E-state index contributed by atoms with van der Waals surface area (Å²) in [6, 6.07) is 2.91. The molecular formula is C11H16FNO2S. The average molecular weight is 245 g/mol. The van der Waals surface area contributed by atoms with Crippen LogP contribution in [0.25, 0.3) is 0 Å². The van der Waals surface area contributed by atoms with Crippen LogP contribution < -0.4 is 5.73 Å². The molecule has 0 bridgehead atoms. The standard InChI is InChI=1S/C11H16FNO2S/c1-6-8(13)3-2-7(10(6)12)11(15)9(14)4-5-16/h2-3,9,11,14-16H,4-5,13H2,1H3. The molecule has 0 aliphatic rings. The van der Waals surface area contributed by atoms with E-state index in [1.54, 1.807) is 0 Å². The topological polar surface area (TPSA) is 66.5 Å². The van der Waals surface area contributed by atoms with Crippen molar-refractivity contribution in [1.29, 1.82) is 0 Å². The van der Waals surface area contributed by atoms with Crippen molar-refractivity contribution in [3.05, 3.63) is 29.1 Å². The van der Waals surface area contributed by atoms with E-state index in [9.17, 15) is 14.6 Å². The molecule has 0 fully saturated rings. The second kappa shape index (κ2) is 5.52. The third-order valence-electron chi connectivity index (χ3n) is 2.57. The fraction of sp³-hybridized carbons (Fsp3) is 0.455. The zero-order valence-electron chi connectivity index (χ0n) is 9.02. The number of hydrogen-bond acceptors (Lipinski definition) is 4. The van der Waals surface area contributed by atoms with Crippen LogP contribution in [0.4, 0.5) is 10.1 Å². The Labute approximate surface area is 99.5 Å². The predicted octanol–water partition coefficient (Wildman–Crippen LogP) is 1.43. The molecule has 2 atom stereocenters. The van der Waals surface area contributed by atoms with Crippen molar-refractivity contribution in [3.8, 4) is 0 Å². The van der Waals surface area contributed by atoms with Gasteiger partial charge in [-0.2, -0.15) is 12.6 Å². The van der Waals surface area contributed by atoms with Crippen molar-refractivity contribution < 1.29 is 14.6 Å². The summed E-state index contributed by atoms with van der Waals surface area (Å²) in [5.74, 6) is -0.140. The third-order valence-corrected chi connectivity index (χ3v) is 2.82. The first-order valence-electron chi connectivity index (χ1n) is 5.00. The van der Waals surface area contributed by atoms with Gasteiger partial charge in [-0.25, -0.2) is 4.39 Å². The highest BCUT2D eigenvalue weighted by Crippen LogP contribution is 2.26. The molecule has 3 nitrogen and oxygen atoms in total. The maximum absolute atomic E-state index is 13.7. The predicted molar refractivity (Wildman–Crippen MR) is 65.0 cm³/mol. The van der Waals surface area contributed by atoms with Gasteiger partial charge in [-0.1, -0.05) is 6.07 Å². The van der Waals surface area contributed by atoms with Gasteiger partial charge in [0.1, 0.15) is 11.9 Å². The van der Waals surface area contributed by atoms with Crippen molar-refractivity contribution in [2.45, 2.75) is 25.6 Å². The number of benzene rings is 1. The molecular weight excluding hydrogens is 229 g/mol. The Bertz CT molecular complexity index is 373. The second-order valence-corrected chi connectivity index (χ2v) is 4.15. The highest BCUT2D eigenvalue weighted by Gasteiger charge is 2.22. The number of rotatable bonds is 4. The van der Waals surface area contributed by atoms with E-state index in [0.717, 1.165) is 0 Å². The van der Waals surface area contributed by atoms with Crippen LogP contribution in [0.2, 0.25) is 0 Å². The quantitative estimate of drug-likeness (QED) is 0.479. The lowest BCUT2D eigenvalue weighted by Gasteiger charge is -2.19. The summed E-state index contributed by atoms with van der Waals surface area (Å²) >= 11 is 3.94. The number of anilines is 1. The van der Waals surface area contributed by atoms with Crippen molar-refractivity contribution in [3.63, 3.8) is 0 Å². The highest BCUT2D eigenvalue weighted by molar-refractivity contribution is 7.80. The van der Waals surface area contributed by atoms with Crippen LogP contribution in [0.3, 0.4) is 0 Å². The molecule has 0 amide bonds. The summed E-state index contributed by atoms with van der Waals surface area (Å²) in [6.07, 6.45) is -1.96. The van der Waals surface area contributed by atoms with Gasteiger partial charge < -0.3 is 15.9 Å². The molecule has 5 heteroatoms. The van der Waals surface area contributed by atoms with Gasteiger partial charge in [0, 0.05) is 16.8 Å². The van der Waals surface area contributed by atoms with Crippen LogP contribution in [0.15, 0.2) is 12.1 Å². The van der Waals surface area contributed by atoms with Gasteiger partial charge in [0.05, 0.1) is 6.10 Å². The number of aliphatic hydroxyl groups excluding tert-OH is 2. The van der Waals surface area contributed by atoms with Crippen LogP contribution in [-0.2, 0) is 0 Å². The Hall–Kier alpha value is -0.780. The molecule has 4 N–H and O–H groups in total. The number of nitrogens with two attached hydrogens (primary N) is 1. The van der Waals surface area contributed by atoms with Crippen molar-refractivity contribution in [1.82, 2.24) is 0 Å². The van der Waals surface area contributed by atoms with Gasteiger partial charge in [-0.15, -0.1) is 0 Å². The van der Waals surface area contributed by atoms with Gasteiger partial charge >= 0.3 is 0 Å². The maximum Gasteiger partial charge on any atom is 0.134 e.